The maximum atomic E-state index is 12.7. The summed E-state index contributed by atoms with van der Waals surface area (Å²) in [5.74, 6) is -0.206. The fourth-order valence-corrected chi connectivity index (χ4v) is 3.84. The zero-order valence-corrected chi connectivity index (χ0v) is 17.1. The lowest BCUT2D eigenvalue weighted by Crippen LogP contribution is -2.26. The number of aromatic nitrogens is 2. The summed E-state index contributed by atoms with van der Waals surface area (Å²) in [7, 11) is 0. The summed E-state index contributed by atoms with van der Waals surface area (Å²) in [6.45, 7) is 0.581. The number of amides is 1. The van der Waals surface area contributed by atoms with Crippen LogP contribution in [-0.2, 0) is 6.42 Å². The molecule has 4 nitrogen and oxygen atoms in total. The van der Waals surface area contributed by atoms with E-state index in [1.54, 1.807) is 16.6 Å². The second-order valence-corrected chi connectivity index (χ2v) is 7.66. The highest BCUT2D eigenvalue weighted by atomic mass is 35.5. The zero-order valence-electron chi connectivity index (χ0n) is 15.6. The average molecular weight is 424 g/mol. The number of hydrogen-bond donors (Lipinski definition) is 1. The molecule has 0 bridgehead atoms. The van der Waals surface area contributed by atoms with Gasteiger partial charge in [0.25, 0.3) is 5.91 Å². The fraction of sp³-hybridized carbons (Fsp3) is 0.130. The van der Waals surface area contributed by atoms with Gasteiger partial charge in [-0.2, -0.15) is 5.10 Å². The van der Waals surface area contributed by atoms with Crippen molar-refractivity contribution in [3.8, 4) is 11.1 Å². The number of nitrogens with zero attached hydrogens (tertiary/aromatic N) is 2. The molecule has 4 aromatic rings. The Hall–Kier alpha value is -2.82. The summed E-state index contributed by atoms with van der Waals surface area (Å²) in [6.07, 6.45) is 3.59. The van der Waals surface area contributed by atoms with Gasteiger partial charge in [-0.15, -0.1) is 0 Å². The highest BCUT2D eigenvalue weighted by Gasteiger charge is 2.14. The van der Waals surface area contributed by atoms with Crippen molar-refractivity contribution in [3.63, 3.8) is 0 Å². The van der Waals surface area contributed by atoms with Gasteiger partial charge >= 0.3 is 0 Å². The van der Waals surface area contributed by atoms with Crippen LogP contribution in [0.25, 0.3) is 16.6 Å². The van der Waals surface area contributed by atoms with E-state index in [-0.39, 0.29) is 5.91 Å². The minimum Gasteiger partial charge on any atom is -0.351 e. The molecule has 4 rings (SSSR count). The number of carbonyl (C=O) groups is 1. The van der Waals surface area contributed by atoms with Crippen LogP contribution in [0.2, 0.25) is 10.0 Å². The van der Waals surface area contributed by atoms with Crippen molar-refractivity contribution >= 4 is 34.6 Å². The van der Waals surface area contributed by atoms with Crippen LogP contribution < -0.4 is 5.32 Å². The molecule has 0 fully saturated rings. The van der Waals surface area contributed by atoms with Crippen LogP contribution in [0.3, 0.4) is 0 Å². The first kappa shape index (κ1) is 19.5. The number of nitrogens with one attached hydrogen (secondary N) is 1. The monoisotopic (exact) mass is 423 g/mol. The van der Waals surface area contributed by atoms with Crippen LogP contribution >= 0.6 is 23.2 Å². The van der Waals surface area contributed by atoms with Crippen molar-refractivity contribution in [2.24, 2.45) is 0 Å². The molecule has 2 aromatic heterocycles. The van der Waals surface area contributed by atoms with Crippen molar-refractivity contribution in [1.29, 1.82) is 0 Å². The maximum absolute atomic E-state index is 12.7. The molecule has 0 saturated carbocycles. The first-order chi connectivity index (χ1) is 14.1. The number of fused-ring (bicyclic) bond motifs is 1. The highest BCUT2D eigenvalue weighted by Crippen LogP contribution is 2.30. The zero-order chi connectivity index (χ0) is 20.2. The van der Waals surface area contributed by atoms with E-state index >= 15 is 0 Å². The number of hydrogen-bond acceptors (Lipinski definition) is 2. The minimum atomic E-state index is -0.206. The van der Waals surface area contributed by atoms with Crippen molar-refractivity contribution in [3.05, 3.63) is 94.2 Å². The third-order valence-electron chi connectivity index (χ3n) is 4.68. The molecule has 6 heteroatoms. The van der Waals surface area contributed by atoms with E-state index in [1.165, 1.54) is 5.56 Å². The normalized spacial score (nSPS) is 11.0. The van der Waals surface area contributed by atoms with Gasteiger partial charge in [0.1, 0.15) is 5.69 Å². The van der Waals surface area contributed by atoms with Gasteiger partial charge in [0.2, 0.25) is 0 Å². The summed E-state index contributed by atoms with van der Waals surface area (Å²) >= 11 is 12.4. The van der Waals surface area contributed by atoms with Crippen LogP contribution in [0.1, 0.15) is 22.5 Å². The fourth-order valence-electron chi connectivity index (χ4n) is 3.31. The number of benzene rings is 2. The molecular weight excluding hydrogens is 405 g/mol. The SMILES string of the molecule is O=C(NCCCc1ccccc1)c1cc(-c2cc(Cl)cc(Cl)c2)c2cccn2n1. The second-order valence-electron chi connectivity index (χ2n) is 6.78. The molecule has 0 saturated heterocycles. The lowest BCUT2D eigenvalue weighted by Gasteiger charge is -2.10. The molecule has 0 aliphatic carbocycles. The molecular formula is C23H19Cl2N3O. The average Bonchev–Trinajstić information content (AvgIpc) is 3.19. The largest absolute Gasteiger partial charge is 0.351 e. The van der Waals surface area contributed by atoms with Gasteiger partial charge in [-0.05, 0) is 60.4 Å². The lowest BCUT2D eigenvalue weighted by atomic mass is 10.0. The van der Waals surface area contributed by atoms with Crippen molar-refractivity contribution < 1.29 is 4.79 Å². The van der Waals surface area contributed by atoms with Crippen molar-refractivity contribution in [2.75, 3.05) is 6.54 Å². The molecule has 0 aliphatic rings. The number of rotatable bonds is 6. The first-order valence-corrected chi connectivity index (χ1v) is 10.1. The molecule has 29 heavy (non-hydrogen) atoms. The van der Waals surface area contributed by atoms with Gasteiger partial charge in [-0.1, -0.05) is 53.5 Å². The molecule has 0 radical (unpaired) electrons. The third-order valence-corrected chi connectivity index (χ3v) is 5.11. The Morgan fingerprint density at radius 2 is 1.72 bits per heavy atom. The minimum absolute atomic E-state index is 0.206. The Morgan fingerprint density at radius 1 is 0.966 bits per heavy atom. The second kappa shape index (κ2) is 8.68. The summed E-state index contributed by atoms with van der Waals surface area (Å²) < 4.78 is 1.70. The Labute approximate surface area is 179 Å². The quantitative estimate of drug-likeness (QED) is 0.406. The standard InChI is InChI=1S/C23H19Cl2N3O/c24-18-12-17(13-19(25)14-18)20-15-21(27-28-11-5-9-22(20)28)23(29)26-10-4-8-16-6-2-1-3-7-16/h1-3,5-7,9,11-15H,4,8,10H2,(H,26,29). The highest BCUT2D eigenvalue weighted by molar-refractivity contribution is 6.35. The van der Waals surface area contributed by atoms with Gasteiger partial charge in [0, 0.05) is 28.4 Å². The molecule has 146 valence electrons. The van der Waals surface area contributed by atoms with Crippen molar-refractivity contribution in [1.82, 2.24) is 14.9 Å². The first-order valence-electron chi connectivity index (χ1n) is 9.37. The summed E-state index contributed by atoms with van der Waals surface area (Å²) in [5.41, 5.74) is 4.17. The Kier molecular flexibility index (Phi) is 5.84. The lowest BCUT2D eigenvalue weighted by molar-refractivity contribution is 0.0947. The predicted molar refractivity (Wildman–Crippen MR) is 118 cm³/mol. The van der Waals surface area contributed by atoms with E-state index in [0.29, 0.717) is 22.3 Å². The van der Waals surface area contributed by atoms with Gasteiger partial charge < -0.3 is 5.32 Å². The van der Waals surface area contributed by atoms with E-state index in [0.717, 1.165) is 29.5 Å². The predicted octanol–water partition coefficient (Wildman–Crippen LogP) is 5.67. The van der Waals surface area contributed by atoms with Crippen molar-refractivity contribution in [2.45, 2.75) is 12.8 Å². The van der Waals surface area contributed by atoms with Crippen LogP contribution in [0.5, 0.6) is 0 Å². The summed E-state index contributed by atoms with van der Waals surface area (Å²) in [5, 5.41) is 8.49. The Bertz CT molecular complexity index is 1140. The van der Waals surface area contributed by atoms with Gasteiger partial charge in [-0.25, -0.2) is 4.52 Å². The van der Waals surface area contributed by atoms with Crippen LogP contribution in [0.4, 0.5) is 0 Å². The Morgan fingerprint density at radius 3 is 2.48 bits per heavy atom. The smallest absolute Gasteiger partial charge is 0.271 e. The van der Waals surface area contributed by atoms with Gasteiger partial charge in [0.05, 0.1) is 5.52 Å². The van der Waals surface area contributed by atoms with Crippen LogP contribution in [0, 0.1) is 0 Å². The van der Waals surface area contributed by atoms with Crippen LogP contribution in [-0.4, -0.2) is 22.1 Å². The molecule has 2 heterocycles. The molecule has 0 spiro atoms. The maximum Gasteiger partial charge on any atom is 0.271 e. The molecule has 0 atom stereocenters. The molecule has 2 aromatic carbocycles. The number of aryl methyl sites for hydroxylation is 1. The van der Waals surface area contributed by atoms with E-state index in [2.05, 4.69) is 22.5 Å². The van der Waals surface area contributed by atoms with Gasteiger partial charge in [-0.3, -0.25) is 4.79 Å². The number of carbonyl (C=O) groups excluding carboxylic acids is 1. The molecule has 1 amide bonds. The third kappa shape index (κ3) is 4.61. The topological polar surface area (TPSA) is 46.4 Å². The van der Waals surface area contributed by atoms with E-state index in [4.69, 9.17) is 23.2 Å². The van der Waals surface area contributed by atoms with Gasteiger partial charge in [0.15, 0.2) is 0 Å². The molecule has 1 N–H and O–H groups in total. The van der Waals surface area contributed by atoms with E-state index < -0.39 is 0 Å². The van der Waals surface area contributed by atoms with E-state index in [9.17, 15) is 4.79 Å². The van der Waals surface area contributed by atoms with Crippen LogP contribution in [0.15, 0.2) is 72.9 Å². The molecule has 0 aliphatic heterocycles. The Balaban J connectivity index is 1.53. The molecule has 0 unspecified atom stereocenters. The summed E-state index contributed by atoms with van der Waals surface area (Å²) in [4.78, 5) is 12.7. The van der Waals surface area contributed by atoms with E-state index in [1.807, 2.05) is 48.7 Å². The summed E-state index contributed by atoms with van der Waals surface area (Å²) in [6, 6.07) is 21.2. The number of halogens is 2.